The van der Waals surface area contributed by atoms with Crippen LogP contribution in [0.5, 0.6) is 10.8 Å². The Bertz CT molecular complexity index is 836. The van der Waals surface area contributed by atoms with Crippen LogP contribution in [0.1, 0.15) is 51.3 Å². The first-order valence-corrected chi connectivity index (χ1v) is 10.7. The Morgan fingerprint density at radius 1 is 1.19 bits per heavy atom. The van der Waals surface area contributed by atoms with E-state index in [0.29, 0.717) is 20.9 Å². The number of benzene rings is 1. The Morgan fingerprint density at radius 2 is 1.89 bits per heavy atom. The largest absolute Gasteiger partial charge is 0.442 e. The van der Waals surface area contributed by atoms with Crippen LogP contribution in [0.3, 0.4) is 0 Å². The molecule has 1 aromatic heterocycles. The third-order valence-electron chi connectivity index (χ3n) is 4.52. The lowest BCUT2D eigenvalue weighted by molar-refractivity contribution is 0.351. The summed E-state index contributed by atoms with van der Waals surface area (Å²) >= 11 is 14.2. The Kier molecular flexibility index (Phi) is 6.34. The molecule has 3 rings (SSSR count). The van der Waals surface area contributed by atoms with Crippen molar-refractivity contribution in [1.29, 1.82) is 0 Å². The second-order valence-electron chi connectivity index (χ2n) is 7.89. The fraction of sp³-hybridized carbons (Fsp3) is 0.500. The van der Waals surface area contributed by atoms with E-state index in [-0.39, 0.29) is 5.41 Å². The number of aromatic nitrogens is 1. The fourth-order valence-electron chi connectivity index (χ4n) is 2.93. The smallest absolute Gasteiger partial charge is 0.219 e. The quantitative estimate of drug-likeness (QED) is 0.390. The van der Waals surface area contributed by atoms with Gasteiger partial charge in [-0.3, -0.25) is 0 Å². The Morgan fingerprint density at radius 3 is 2.52 bits per heavy atom. The van der Waals surface area contributed by atoms with Gasteiger partial charge in [0.2, 0.25) is 5.06 Å². The average molecular weight is 426 g/mol. The summed E-state index contributed by atoms with van der Waals surface area (Å²) in [4.78, 5) is 6.87. The summed E-state index contributed by atoms with van der Waals surface area (Å²) in [6, 6.07) is 3.74. The number of halogens is 2. The number of rotatable bonds is 4. The molecule has 0 atom stereocenters. The van der Waals surface area contributed by atoms with Gasteiger partial charge in [0.25, 0.3) is 0 Å². The molecule has 0 saturated carbocycles. The van der Waals surface area contributed by atoms with Crippen LogP contribution in [0.4, 0.5) is 5.69 Å². The van der Waals surface area contributed by atoms with Crippen LogP contribution in [0.2, 0.25) is 10.0 Å². The molecule has 1 saturated heterocycles. The van der Waals surface area contributed by atoms with E-state index in [1.54, 1.807) is 0 Å². The molecule has 2 aromatic rings. The summed E-state index contributed by atoms with van der Waals surface area (Å²) in [5.74, 6) is 0.567. The summed E-state index contributed by atoms with van der Waals surface area (Å²) in [7, 11) is 0. The maximum Gasteiger partial charge on any atom is 0.219 e. The van der Waals surface area contributed by atoms with Crippen molar-refractivity contribution < 1.29 is 4.74 Å². The summed E-state index contributed by atoms with van der Waals surface area (Å²) in [6.07, 6.45) is 5.68. The first-order chi connectivity index (χ1) is 12.8. The molecule has 146 valence electrons. The molecule has 0 spiro atoms. The molecular formula is C20H25Cl2N3OS. The van der Waals surface area contributed by atoms with Crippen LogP contribution in [0.25, 0.3) is 0 Å². The maximum absolute atomic E-state index is 6.47. The molecule has 7 heteroatoms. The van der Waals surface area contributed by atoms with E-state index in [9.17, 15) is 0 Å². The average Bonchev–Trinajstić information content (AvgIpc) is 2.98. The van der Waals surface area contributed by atoms with Crippen molar-refractivity contribution in [2.24, 2.45) is 4.99 Å². The molecule has 0 unspecified atom stereocenters. The predicted molar refractivity (Wildman–Crippen MR) is 116 cm³/mol. The highest BCUT2D eigenvalue weighted by atomic mass is 35.5. The zero-order chi connectivity index (χ0) is 19.6. The van der Waals surface area contributed by atoms with Gasteiger partial charge in [-0.15, -0.1) is 0 Å². The van der Waals surface area contributed by atoms with Crippen molar-refractivity contribution >= 4 is 46.8 Å². The van der Waals surface area contributed by atoms with Gasteiger partial charge in [-0.05, 0) is 43.9 Å². The number of piperidine rings is 1. The highest BCUT2D eigenvalue weighted by Gasteiger charge is 2.25. The van der Waals surface area contributed by atoms with Crippen LogP contribution >= 0.6 is 34.7 Å². The number of hydrogen-bond donors (Lipinski definition) is 0. The lowest BCUT2D eigenvalue weighted by Gasteiger charge is -2.23. The van der Waals surface area contributed by atoms with Crippen LogP contribution in [-0.4, -0.2) is 28.7 Å². The first kappa shape index (κ1) is 20.4. The van der Waals surface area contributed by atoms with E-state index in [4.69, 9.17) is 27.9 Å². The molecule has 0 amide bonds. The van der Waals surface area contributed by atoms with Gasteiger partial charge < -0.3 is 9.64 Å². The van der Waals surface area contributed by atoms with Crippen molar-refractivity contribution in [2.45, 2.75) is 52.4 Å². The molecule has 0 radical (unpaired) electrons. The van der Waals surface area contributed by atoms with E-state index >= 15 is 0 Å². The molecule has 0 bridgehead atoms. The lowest BCUT2D eigenvalue weighted by Crippen LogP contribution is -2.28. The Balaban J connectivity index is 1.79. The van der Waals surface area contributed by atoms with Crippen LogP contribution in [0.15, 0.2) is 17.1 Å². The number of aryl methyl sites for hydroxylation is 1. The van der Waals surface area contributed by atoms with Crippen molar-refractivity contribution in [2.75, 3.05) is 13.1 Å². The SMILES string of the molecule is Cc1cc(Oc2snc(C(C)(C)C)c2Cl)c(Cl)cc1N=CN1CCCCC1. The van der Waals surface area contributed by atoms with Gasteiger partial charge in [0, 0.05) is 30.0 Å². The van der Waals surface area contributed by atoms with Gasteiger partial charge in [0.1, 0.15) is 10.8 Å². The predicted octanol–water partition coefficient (Wildman–Crippen LogP) is 6.99. The standard InChI is InChI=1S/C20H25Cl2N3OS/c1-13-10-16(26-19-17(22)18(24-27-19)20(2,3)4)14(21)11-15(13)23-12-25-8-6-5-7-9-25/h10-12H,5-9H2,1-4H3. The molecule has 27 heavy (non-hydrogen) atoms. The maximum atomic E-state index is 6.47. The van der Waals surface area contributed by atoms with E-state index in [1.807, 2.05) is 25.4 Å². The minimum Gasteiger partial charge on any atom is -0.442 e. The second-order valence-corrected chi connectivity index (χ2v) is 9.42. The number of aliphatic imine (C=N–C) groups is 1. The zero-order valence-corrected chi connectivity index (χ0v) is 18.5. The summed E-state index contributed by atoms with van der Waals surface area (Å²) in [5, 5.41) is 1.62. The second kappa shape index (κ2) is 8.38. The highest BCUT2D eigenvalue weighted by molar-refractivity contribution is 7.08. The number of ether oxygens (including phenoxy) is 1. The molecule has 0 N–H and O–H groups in total. The van der Waals surface area contributed by atoms with Gasteiger partial charge in [-0.25, -0.2) is 4.99 Å². The van der Waals surface area contributed by atoms with E-state index < -0.39 is 0 Å². The molecule has 2 heterocycles. The van der Waals surface area contributed by atoms with Crippen LogP contribution in [0, 0.1) is 6.92 Å². The van der Waals surface area contributed by atoms with Gasteiger partial charge in [-0.2, -0.15) is 4.37 Å². The van der Waals surface area contributed by atoms with Crippen molar-refractivity contribution in [3.8, 4) is 10.8 Å². The van der Waals surface area contributed by atoms with Gasteiger partial charge >= 0.3 is 0 Å². The molecule has 1 aliphatic heterocycles. The summed E-state index contributed by atoms with van der Waals surface area (Å²) in [6.45, 7) is 10.4. The summed E-state index contributed by atoms with van der Waals surface area (Å²) in [5.41, 5.74) is 2.55. The number of nitrogens with zero attached hydrogens (tertiary/aromatic N) is 3. The highest BCUT2D eigenvalue weighted by Crippen LogP contribution is 2.43. The Hall–Kier alpha value is -1.30. The fourth-order valence-corrected chi connectivity index (χ4v) is 4.49. The van der Waals surface area contributed by atoms with Gasteiger partial charge in [-0.1, -0.05) is 44.0 Å². The van der Waals surface area contributed by atoms with Gasteiger partial charge in [0.05, 0.1) is 22.7 Å². The minimum atomic E-state index is -0.137. The summed E-state index contributed by atoms with van der Waals surface area (Å²) < 4.78 is 10.4. The molecule has 1 aromatic carbocycles. The van der Waals surface area contributed by atoms with Gasteiger partial charge in [0.15, 0.2) is 0 Å². The van der Waals surface area contributed by atoms with Crippen LogP contribution < -0.4 is 4.74 Å². The topological polar surface area (TPSA) is 37.7 Å². The van der Waals surface area contributed by atoms with Crippen molar-refractivity contribution in [3.63, 3.8) is 0 Å². The van der Waals surface area contributed by atoms with E-state index in [2.05, 4.69) is 35.0 Å². The van der Waals surface area contributed by atoms with Crippen molar-refractivity contribution in [1.82, 2.24) is 9.27 Å². The first-order valence-electron chi connectivity index (χ1n) is 9.17. The Labute approximate surface area is 175 Å². The minimum absolute atomic E-state index is 0.137. The molecule has 1 fully saturated rings. The molecular weight excluding hydrogens is 401 g/mol. The van der Waals surface area contributed by atoms with E-state index in [1.165, 1.54) is 30.8 Å². The molecule has 4 nitrogen and oxygen atoms in total. The third kappa shape index (κ3) is 4.95. The molecule has 0 aliphatic carbocycles. The van der Waals surface area contributed by atoms with Crippen LogP contribution in [-0.2, 0) is 5.41 Å². The number of likely N-dealkylation sites (tertiary alicyclic amines) is 1. The third-order valence-corrected chi connectivity index (χ3v) is 6.01. The zero-order valence-electron chi connectivity index (χ0n) is 16.2. The normalized spacial score (nSPS) is 15.6. The molecule has 1 aliphatic rings. The monoisotopic (exact) mass is 425 g/mol. The number of hydrogen-bond acceptors (Lipinski definition) is 4. The van der Waals surface area contributed by atoms with Crippen molar-refractivity contribution in [3.05, 3.63) is 33.4 Å². The van der Waals surface area contributed by atoms with E-state index in [0.717, 1.165) is 30.0 Å². The lowest BCUT2D eigenvalue weighted by atomic mass is 9.92.